The van der Waals surface area contributed by atoms with Crippen molar-refractivity contribution in [2.45, 2.75) is 38.5 Å². The number of nitrogens with zero attached hydrogens (tertiary/aromatic N) is 2. The average molecular weight is 287 g/mol. The predicted octanol–water partition coefficient (Wildman–Crippen LogP) is 3.93. The molecule has 1 aliphatic carbocycles. The average Bonchev–Trinajstić information content (AvgIpc) is 2.76. The number of halogens is 1. The number of hydrogen-bond donors (Lipinski definition) is 1. The molecule has 0 saturated heterocycles. The Morgan fingerprint density at radius 3 is 2.52 bits per heavy atom. The maximum absolute atomic E-state index is 13.1. The molecule has 0 radical (unpaired) electrons. The number of benzene rings is 1. The van der Waals surface area contributed by atoms with Crippen molar-refractivity contribution in [3.05, 3.63) is 35.8 Å². The monoisotopic (exact) mass is 287 g/mol. The molecule has 0 amide bonds. The van der Waals surface area contributed by atoms with Gasteiger partial charge in [0.1, 0.15) is 11.6 Å². The summed E-state index contributed by atoms with van der Waals surface area (Å²) in [5, 5.41) is 4.60. The standard InChI is InChI=1S/C17H22FN3/c1-21-17(19)16(13-7-9-14(18)10-8-13)15(20-21)11-12-5-3-2-4-6-12/h7-10,12H,2-6,11,19H2,1H3. The van der Waals surface area contributed by atoms with Crippen LogP contribution in [0.4, 0.5) is 10.2 Å². The van der Waals surface area contributed by atoms with Crippen LogP contribution in [0.3, 0.4) is 0 Å². The van der Waals surface area contributed by atoms with E-state index in [4.69, 9.17) is 5.73 Å². The Kier molecular flexibility index (Phi) is 3.95. The number of hydrogen-bond acceptors (Lipinski definition) is 2. The summed E-state index contributed by atoms with van der Waals surface area (Å²) in [4.78, 5) is 0. The van der Waals surface area contributed by atoms with Gasteiger partial charge in [-0.3, -0.25) is 4.68 Å². The van der Waals surface area contributed by atoms with Gasteiger partial charge in [-0.25, -0.2) is 4.39 Å². The minimum absolute atomic E-state index is 0.227. The number of nitrogens with two attached hydrogens (primary N) is 1. The minimum atomic E-state index is -0.227. The summed E-state index contributed by atoms with van der Waals surface area (Å²) in [5.74, 6) is 1.13. The highest BCUT2D eigenvalue weighted by molar-refractivity contribution is 5.76. The van der Waals surface area contributed by atoms with E-state index in [-0.39, 0.29) is 5.82 Å². The molecule has 1 heterocycles. The first-order valence-corrected chi connectivity index (χ1v) is 7.72. The zero-order valence-electron chi connectivity index (χ0n) is 12.5. The summed E-state index contributed by atoms with van der Waals surface area (Å²) < 4.78 is 14.9. The third-order valence-corrected chi connectivity index (χ3v) is 4.50. The first-order chi connectivity index (χ1) is 10.1. The van der Waals surface area contributed by atoms with Crippen molar-refractivity contribution in [1.29, 1.82) is 0 Å². The third kappa shape index (κ3) is 2.94. The Labute approximate surface area is 125 Å². The van der Waals surface area contributed by atoms with Crippen molar-refractivity contribution >= 4 is 5.82 Å². The molecular formula is C17H22FN3. The Bertz CT molecular complexity index is 610. The van der Waals surface area contributed by atoms with E-state index in [9.17, 15) is 4.39 Å². The van der Waals surface area contributed by atoms with Crippen LogP contribution >= 0.6 is 0 Å². The van der Waals surface area contributed by atoms with Crippen molar-refractivity contribution < 1.29 is 4.39 Å². The molecule has 0 unspecified atom stereocenters. The van der Waals surface area contributed by atoms with Crippen molar-refractivity contribution in [2.24, 2.45) is 13.0 Å². The van der Waals surface area contributed by atoms with Gasteiger partial charge >= 0.3 is 0 Å². The second kappa shape index (κ2) is 5.88. The van der Waals surface area contributed by atoms with Crippen LogP contribution in [0.2, 0.25) is 0 Å². The molecule has 1 fully saturated rings. The zero-order chi connectivity index (χ0) is 14.8. The van der Waals surface area contributed by atoms with E-state index in [0.717, 1.165) is 23.2 Å². The van der Waals surface area contributed by atoms with Crippen LogP contribution in [0.15, 0.2) is 24.3 Å². The summed E-state index contributed by atoms with van der Waals surface area (Å²) in [7, 11) is 1.87. The van der Waals surface area contributed by atoms with Crippen molar-refractivity contribution in [3.8, 4) is 11.1 Å². The molecule has 1 aromatic heterocycles. The number of aryl methyl sites for hydroxylation is 1. The summed E-state index contributed by atoms with van der Waals surface area (Å²) in [6.45, 7) is 0. The molecule has 1 aliphatic rings. The topological polar surface area (TPSA) is 43.8 Å². The van der Waals surface area contributed by atoms with E-state index in [1.165, 1.54) is 44.2 Å². The molecule has 0 bridgehead atoms. The van der Waals surface area contributed by atoms with Crippen LogP contribution in [0.1, 0.15) is 37.8 Å². The SMILES string of the molecule is Cn1nc(CC2CCCCC2)c(-c2ccc(F)cc2)c1N. The van der Waals surface area contributed by atoms with Crippen LogP contribution < -0.4 is 5.73 Å². The highest BCUT2D eigenvalue weighted by atomic mass is 19.1. The van der Waals surface area contributed by atoms with E-state index in [2.05, 4.69) is 5.10 Å². The van der Waals surface area contributed by atoms with Gasteiger partial charge in [0.25, 0.3) is 0 Å². The lowest BCUT2D eigenvalue weighted by atomic mass is 9.85. The van der Waals surface area contributed by atoms with Crippen LogP contribution in [0.25, 0.3) is 11.1 Å². The molecule has 3 rings (SSSR count). The molecule has 0 spiro atoms. The van der Waals surface area contributed by atoms with Gasteiger partial charge < -0.3 is 5.73 Å². The molecule has 1 aromatic carbocycles. The molecule has 2 aromatic rings. The largest absolute Gasteiger partial charge is 0.383 e. The number of rotatable bonds is 3. The summed E-state index contributed by atoms with van der Waals surface area (Å²) in [5.41, 5.74) is 9.16. The van der Waals surface area contributed by atoms with Gasteiger partial charge in [-0.15, -0.1) is 0 Å². The van der Waals surface area contributed by atoms with Crippen LogP contribution in [-0.2, 0) is 13.5 Å². The van der Waals surface area contributed by atoms with Gasteiger partial charge in [-0.1, -0.05) is 44.2 Å². The van der Waals surface area contributed by atoms with Gasteiger partial charge in [0.05, 0.1) is 5.69 Å². The molecule has 2 N–H and O–H groups in total. The molecule has 4 heteroatoms. The van der Waals surface area contributed by atoms with Crippen LogP contribution in [-0.4, -0.2) is 9.78 Å². The molecule has 1 saturated carbocycles. The van der Waals surface area contributed by atoms with Gasteiger partial charge in [-0.05, 0) is 30.0 Å². The van der Waals surface area contributed by atoms with Crippen molar-refractivity contribution in [2.75, 3.05) is 5.73 Å². The lowest BCUT2D eigenvalue weighted by Gasteiger charge is -2.21. The number of aromatic nitrogens is 2. The predicted molar refractivity (Wildman–Crippen MR) is 83.3 cm³/mol. The normalized spacial score (nSPS) is 16.3. The number of nitrogen functional groups attached to an aromatic ring is 1. The van der Waals surface area contributed by atoms with E-state index in [1.54, 1.807) is 16.8 Å². The van der Waals surface area contributed by atoms with Crippen molar-refractivity contribution in [1.82, 2.24) is 9.78 Å². The first-order valence-electron chi connectivity index (χ1n) is 7.72. The molecular weight excluding hydrogens is 265 g/mol. The quantitative estimate of drug-likeness (QED) is 0.929. The van der Waals surface area contributed by atoms with Gasteiger partial charge in [0, 0.05) is 12.6 Å². The Morgan fingerprint density at radius 2 is 1.86 bits per heavy atom. The van der Waals surface area contributed by atoms with Crippen LogP contribution in [0, 0.1) is 11.7 Å². The summed E-state index contributed by atoms with van der Waals surface area (Å²) >= 11 is 0. The summed E-state index contributed by atoms with van der Waals surface area (Å²) in [6.07, 6.45) is 7.51. The minimum Gasteiger partial charge on any atom is -0.383 e. The van der Waals surface area contributed by atoms with Gasteiger partial charge in [0.15, 0.2) is 0 Å². The Morgan fingerprint density at radius 1 is 1.19 bits per heavy atom. The highest BCUT2D eigenvalue weighted by Crippen LogP contribution is 2.34. The second-order valence-electron chi connectivity index (χ2n) is 6.05. The fourth-order valence-electron chi connectivity index (χ4n) is 3.33. The smallest absolute Gasteiger partial charge is 0.129 e. The van der Waals surface area contributed by atoms with E-state index >= 15 is 0 Å². The lowest BCUT2D eigenvalue weighted by Crippen LogP contribution is -2.10. The molecule has 21 heavy (non-hydrogen) atoms. The van der Waals surface area contributed by atoms with Gasteiger partial charge in [-0.2, -0.15) is 5.10 Å². The van der Waals surface area contributed by atoms with Crippen LogP contribution in [0.5, 0.6) is 0 Å². The number of anilines is 1. The lowest BCUT2D eigenvalue weighted by molar-refractivity contribution is 0.354. The highest BCUT2D eigenvalue weighted by Gasteiger charge is 2.21. The van der Waals surface area contributed by atoms with Gasteiger partial charge in [0.2, 0.25) is 0 Å². The third-order valence-electron chi connectivity index (χ3n) is 4.50. The molecule has 3 nitrogen and oxygen atoms in total. The second-order valence-corrected chi connectivity index (χ2v) is 6.05. The van der Waals surface area contributed by atoms with E-state index < -0.39 is 0 Å². The fourth-order valence-corrected chi connectivity index (χ4v) is 3.33. The summed E-state index contributed by atoms with van der Waals surface area (Å²) in [6, 6.07) is 6.53. The first kappa shape index (κ1) is 14.1. The molecule has 0 atom stereocenters. The fraction of sp³-hybridized carbons (Fsp3) is 0.471. The maximum Gasteiger partial charge on any atom is 0.129 e. The van der Waals surface area contributed by atoms with E-state index in [0.29, 0.717) is 11.7 Å². The molecule has 0 aliphatic heterocycles. The molecule has 112 valence electrons. The maximum atomic E-state index is 13.1. The van der Waals surface area contributed by atoms with E-state index in [1.807, 2.05) is 7.05 Å². The Balaban J connectivity index is 1.93. The zero-order valence-corrected chi connectivity index (χ0v) is 12.5. The van der Waals surface area contributed by atoms with Crippen molar-refractivity contribution in [3.63, 3.8) is 0 Å². The Hall–Kier alpha value is -1.84.